The van der Waals surface area contributed by atoms with Gasteiger partial charge in [0.1, 0.15) is 17.3 Å². The number of carbonyl (C=O) groups is 1. The Morgan fingerprint density at radius 3 is 2.86 bits per heavy atom. The second-order valence-electron chi connectivity index (χ2n) is 5.19. The molecule has 1 aliphatic heterocycles. The van der Waals surface area contributed by atoms with Gasteiger partial charge in [-0.3, -0.25) is 4.79 Å². The maximum absolute atomic E-state index is 12.1. The molecule has 0 saturated heterocycles. The highest BCUT2D eigenvalue weighted by molar-refractivity contribution is 5.92. The third kappa shape index (κ3) is 3.55. The summed E-state index contributed by atoms with van der Waals surface area (Å²) in [5.41, 5.74) is 1.27. The molecule has 2 N–H and O–H groups in total. The number of anilines is 2. The van der Waals surface area contributed by atoms with Gasteiger partial charge in [0.15, 0.2) is 0 Å². The Labute approximate surface area is 129 Å². The zero-order valence-electron chi connectivity index (χ0n) is 12.3. The minimum Gasteiger partial charge on any atom is -0.491 e. The number of benzene rings is 1. The van der Waals surface area contributed by atoms with Crippen LogP contribution in [0.5, 0.6) is 5.75 Å². The first-order valence-corrected chi connectivity index (χ1v) is 7.57. The smallest absolute Gasteiger partial charge is 0.269 e. The Kier molecular flexibility index (Phi) is 4.53. The van der Waals surface area contributed by atoms with Crippen LogP contribution in [0, 0.1) is 0 Å². The molecule has 2 heterocycles. The topological polar surface area (TPSA) is 63.2 Å². The molecule has 2 bridgehead atoms. The Morgan fingerprint density at radius 1 is 1.00 bits per heavy atom. The van der Waals surface area contributed by atoms with Crippen LogP contribution in [0.1, 0.15) is 29.8 Å². The molecule has 0 saturated carbocycles. The molecule has 0 fully saturated rings. The highest BCUT2D eigenvalue weighted by Crippen LogP contribution is 2.27. The first-order chi connectivity index (χ1) is 10.8. The summed E-state index contributed by atoms with van der Waals surface area (Å²) in [5, 5.41) is 6.12. The van der Waals surface area contributed by atoms with E-state index in [1.165, 1.54) is 0 Å². The van der Waals surface area contributed by atoms with Gasteiger partial charge in [0.25, 0.3) is 5.91 Å². The summed E-state index contributed by atoms with van der Waals surface area (Å²) < 4.78 is 5.85. The number of hydrogen-bond donors (Lipinski definition) is 2. The fraction of sp³-hybridized carbons (Fsp3) is 0.294. The van der Waals surface area contributed by atoms with Gasteiger partial charge in [-0.1, -0.05) is 18.2 Å². The summed E-state index contributed by atoms with van der Waals surface area (Å²) in [7, 11) is 0. The SMILES string of the molecule is O=C1NCCCCCOc2ccccc2Nc2cccc1n2. The first kappa shape index (κ1) is 14.4. The number of nitrogens with one attached hydrogen (secondary N) is 2. The number of nitrogens with zero attached hydrogens (tertiary/aromatic N) is 1. The molecule has 114 valence electrons. The minimum atomic E-state index is -0.134. The van der Waals surface area contributed by atoms with Crippen molar-refractivity contribution in [1.29, 1.82) is 0 Å². The van der Waals surface area contributed by atoms with Crippen LogP contribution in [0.4, 0.5) is 11.5 Å². The molecule has 1 amide bonds. The molecule has 22 heavy (non-hydrogen) atoms. The molecule has 0 unspecified atom stereocenters. The van der Waals surface area contributed by atoms with E-state index in [4.69, 9.17) is 4.74 Å². The molecule has 3 rings (SSSR count). The maximum Gasteiger partial charge on any atom is 0.269 e. The van der Waals surface area contributed by atoms with Crippen molar-refractivity contribution in [3.63, 3.8) is 0 Å². The molecule has 5 nitrogen and oxygen atoms in total. The number of amides is 1. The van der Waals surface area contributed by atoms with Crippen LogP contribution in [-0.2, 0) is 0 Å². The monoisotopic (exact) mass is 297 g/mol. The van der Waals surface area contributed by atoms with Gasteiger partial charge in [0, 0.05) is 6.54 Å². The summed E-state index contributed by atoms with van der Waals surface area (Å²) in [4.78, 5) is 16.4. The van der Waals surface area contributed by atoms with Crippen LogP contribution in [0.3, 0.4) is 0 Å². The first-order valence-electron chi connectivity index (χ1n) is 7.57. The summed E-state index contributed by atoms with van der Waals surface area (Å²) >= 11 is 0. The zero-order valence-corrected chi connectivity index (χ0v) is 12.3. The molecule has 0 aliphatic carbocycles. The van der Waals surface area contributed by atoms with Gasteiger partial charge in [-0.25, -0.2) is 4.98 Å². The zero-order chi connectivity index (χ0) is 15.2. The molecule has 2 aromatic rings. The minimum absolute atomic E-state index is 0.134. The van der Waals surface area contributed by atoms with Crippen LogP contribution in [-0.4, -0.2) is 24.0 Å². The lowest BCUT2D eigenvalue weighted by molar-refractivity contribution is 0.0948. The number of hydrogen-bond acceptors (Lipinski definition) is 4. The second-order valence-corrected chi connectivity index (χ2v) is 5.19. The number of rotatable bonds is 0. The van der Waals surface area contributed by atoms with Crippen LogP contribution in [0.2, 0.25) is 0 Å². The molecule has 1 aromatic heterocycles. The molecule has 5 heteroatoms. The van der Waals surface area contributed by atoms with Gasteiger partial charge in [-0.15, -0.1) is 0 Å². The van der Waals surface area contributed by atoms with E-state index in [2.05, 4.69) is 15.6 Å². The molecule has 1 aliphatic rings. The van der Waals surface area contributed by atoms with Gasteiger partial charge < -0.3 is 15.4 Å². The lowest BCUT2D eigenvalue weighted by Gasteiger charge is -2.14. The average molecular weight is 297 g/mol. The molecule has 1 aromatic carbocycles. The van der Waals surface area contributed by atoms with Crippen LogP contribution < -0.4 is 15.4 Å². The Bertz CT molecular complexity index is 658. The average Bonchev–Trinajstić information content (AvgIpc) is 2.55. The van der Waals surface area contributed by atoms with Crippen molar-refractivity contribution in [1.82, 2.24) is 10.3 Å². The Balaban J connectivity index is 1.90. The van der Waals surface area contributed by atoms with E-state index < -0.39 is 0 Å². The predicted octanol–water partition coefficient (Wildman–Crippen LogP) is 3.12. The van der Waals surface area contributed by atoms with Crippen molar-refractivity contribution >= 4 is 17.4 Å². The third-order valence-electron chi connectivity index (χ3n) is 3.50. The summed E-state index contributed by atoms with van der Waals surface area (Å²) in [6.07, 6.45) is 2.92. The normalized spacial score (nSPS) is 15.5. The van der Waals surface area contributed by atoms with E-state index >= 15 is 0 Å². The van der Waals surface area contributed by atoms with Crippen LogP contribution >= 0.6 is 0 Å². The van der Waals surface area contributed by atoms with E-state index in [9.17, 15) is 4.79 Å². The van der Waals surface area contributed by atoms with E-state index in [1.807, 2.05) is 36.4 Å². The van der Waals surface area contributed by atoms with Crippen molar-refractivity contribution in [3.8, 4) is 5.75 Å². The van der Waals surface area contributed by atoms with Crippen LogP contribution in [0.15, 0.2) is 42.5 Å². The number of carbonyl (C=O) groups excluding carboxylic acids is 1. The number of fused-ring (bicyclic) bond motifs is 3. The largest absolute Gasteiger partial charge is 0.491 e. The molecular formula is C17H19N3O2. The third-order valence-corrected chi connectivity index (χ3v) is 3.50. The van der Waals surface area contributed by atoms with E-state index in [-0.39, 0.29) is 5.91 Å². The quantitative estimate of drug-likeness (QED) is 0.784. The highest BCUT2D eigenvalue weighted by Gasteiger charge is 2.10. The van der Waals surface area contributed by atoms with Gasteiger partial charge in [-0.2, -0.15) is 0 Å². The number of pyridine rings is 1. The van der Waals surface area contributed by atoms with Crippen molar-refractivity contribution < 1.29 is 9.53 Å². The fourth-order valence-corrected chi connectivity index (χ4v) is 2.34. The summed E-state index contributed by atoms with van der Waals surface area (Å²) in [6.45, 7) is 1.33. The van der Waals surface area contributed by atoms with E-state index in [1.54, 1.807) is 6.07 Å². The Morgan fingerprint density at radius 2 is 1.91 bits per heavy atom. The van der Waals surface area contributed by atoms with Gasteiger partial charge >= 0.3 is 0 Å². The van der Waals surface area contributed by atoms with Crippen LogP contribution in [0.25, 0.3) is 0 Å². The second kappa shape index (κ2) is 6.93. The summed E-state index contributed by atoms with van der Waals surface area (Å²) in [5.74, 6) is 1.29. The fourth-order valence-electron chi connectivity index (χ4n) is 2.34. The predicted molar refractivity (Wildman–Crippen MR) is 85.6 cm³/mol. The van der Waals surface area contributed by atoms with Gasteiger partial charge in [0.05, 0.1) is 12.3 Å². The van der Waals surface area contributed by atoms with Crippen molar-refractivity contribution in [2.75, 3.05) is 18.5 Å². The molecule has 0 radical (unpaired) electrons. The molecular weight excluding hydrogens is 278 g/mol. The number of ether oxygens (including phenoxy) is 1. The molecule has 0 atom stereocenters. The van der Waals surface area contributed by atoms with E-state index in [0.717, 1.165) is 30.7 Å². The lowest BCUT2D eigenvalue weighted by atomic mass is 10.2. The highest BCUT2D eigenvalue weighted by atomic mass is 16.5. The van der Waals surface area contributed by atoms with Crippen molar-refractivity contribution in [2.24, 2.45) is 0 Å². The van der Waals surface area contributed by atoms with Gasteiger partial charge in [-0.05, 0) is 43.5 Å². The lowest BCUT2D eigenvalue weighted by Crippen LogP contribution is -2.25. The van der Waals surface area contributed by atoms with Crippen molar-refractivity contribution in [3.05, 3.63) is 48.2 Å². The number of para-hydroxylation sites is 2. The van der Waals surface area contributed by atoms with Gasteiger partial charge in [0.2, 0.25) is 0 Å². The molecule has 0 spiro atoms. The van der Waals surface area contributed by atoms with E-state index in [0.29, 0.717) is 24.7 Å². The Hall–Kier alpha value is -2.56. The standard InChI is InChI=1S/C17H19N3O2/c21-17-14-8-6-10-16(20-14)19-13-7-2-3-9-15(13)22-12-5-1-4-11-18-17/h2-3,6-10H,1,4-5,11-12H2,(H,18,21)(H,19,20). The van der Waals surface area contributed by atoms with Crippen molar-refractivity contribution in [2.45, 2.75) is 19.3 Å². The summed E-state index contributed by atoms with van der Waals surface area (Å²) in [6, 6.07) is 13.1. The maximum atomic E-state index is 12.1. The number of aromatic nitrogens is 1.